The van der Waals surface area contributed by atoms with Crippen molar-refractivity contribution in [1.29, 1.82) is 0 Å². The molecule has 0 fully saturated rings. The van der Waals surface area contributed by atoms with Crippen molar-refractivity contribution >= 4 is 44.6 Å². The Balaban J connectivity index is 1.90. The van der Waals surface area contributed by atoms with Crippen LogP contribution in [-0.2, 0) is 10.0 Å². The summed E-state index contributed by atoms with van der Waals surface area (Å²) < 4.78 is 33.4. The van der Waals surface area contributed by atoms with E-state index in [-0.39, 0.29) is 32.5 Å². The molecule has 0 atom stereocenters. The van der Waals surface area contributed by atoms with Crippen LogP contribution in [0.15, 0.2) is 65.6 Å². The first-order chi connectivity index (χ1) is 15.1. The lowest BCUT2D eigenvalue weighted by Gasteiger charge is -2.13. The van der Waals surface area contributed by atoms with Gasteiger partial charge >= 0.3 is 0 Å². The summed E-state index contributed by atoms with van der Waals surface area (Å²) in [6.45, 7) is 1.58. The molecular formula is C21H18ClN3O6S. The smallest absolute Gasteiger partial charge is 0.274 e. The Labute approximate surface area is 189 Å². The van der Waals surface area contributed by atoms with Gasteiger partial charge in [-0.15, -0.1) is 0 Å². The molecule has 0 aliphatic carbocycles. The zero-order valence-corrected chi connectivity index (χ0v) is 18.5. The Morgan fingerprint density at radius 1 is 1.09 bits per heavy atom. The summed E-state index contributed by atoms with van der Waals surface area (Å²) in [6, 6.07) is 14.4. The van der Waals surface area contributed by atoms with Gasteiger partial charge in [0.05, 0.1) is 22.7 Å². The van der Waals surface area contributed by atoms with E-state index in [2.05, 4.69) is 10.0 Å². The fourth-order valence-corrected chi connectivity index (χ4v) is 4.46. The van der Waals surface area contributed by atoms with Gasteiger partial charge in [0.25, 0.3) is 21.6 Å². The standard InChI is InChI=1S/C21H18ClN3O6S/c1-13-7-9-15(12-18(13)25(27)28)23-21(26)14-8-10-16(22)20(11-14)32(29,30)24-17-5-3-4-6-19(17)31-2/h3-12,24H,1-2H3,(H,23,26). The molecule has 11 heteroatoms. The lowest BCUT2D eigenvalue weighted by Crippen LogP contribution is -2.17. The number of anilines is 2. The highest BCUT2D eigenvalue weighted by Gasteiger charge is 2.22. The molecule has 3 aromatic carbocycles. The summed E-state index contributed by atoms with van der Waals surface area (Å²) in [5.74, 6) is -0.351. The molecule has 3 rings (SSSR count). The van der Waals surface area contributed by atoms with Crippen molar-refractivity contribution in [1.82, 2.24) is 0 Å². The number of nitro benzene ring substituents is 1. The summed E-state index contributed by atoms with van der Waals surface area (Å²) in [5, 5.41) is 13.6. The number of carbonyl (C=O) groups excluding carboxylic acids is 1. The molecule has 0 aliphatic rings. The average molecular weight is 476 g/mol. The summed E-state index contributed by atoms with van der Waals surface area (Å²) in [5.41, 5.74) is 0.684. The van der Waals surface area contributed by atoms with E-state index in [1.165, 1.54) is 43.5 Å². The molecule has 0 unspecified atom stereocenters. The molecule has 0 radical (unpaired) electrons. The number of nitrogens with one attached hydrogen (secondary N) is 2. The number of hydrogen-bond donors (Lipinski definition) is 2. The molecule has 9 nitrogen and oxygen atoms in total. The molecule has 3 aromatic rings. The molecule has 32 heavy (non-hydrogen) atoms. The minimum absolute atomic E-state index is 0.00182. The lowest BCUT2D eigenvalue weighted by atomic mass is 10.1. The first-order valence-corrected chi connectivity index (χ1v) is 11.0. The summed E-state index contributed by atoms with van der Waals surface area (Å²) >= 11 is 6.10. The number of methoxy groups -OCH3 is 1. The minimum atomic E-state index is -4.16. The molecule has 0 spiro atoms. The van der Waals surface area contributed by atoms with E-state index < -0.39 is 20.9 Å². The first kappa shape index (κ1) is 23.0. The number of para-hydroxylation sites is 2. The first-order valence-electron chi connectivity index (χ1n) is 9.14. The number of nitrogens with zero attached hydrogens (tertiary/aromatic N) is 1. The van der Waals surface area contributed by atoms with Crippen molar-refractivity contribution < 1.29 is 22.9 Å². The Kier molecular flexibility index (Phi) is 6.66. The van der Waals surface area contributed by atoms with Crippen LogP contribution in [0, 0.1) is 17.0 Å². The maximum Gasteiger partial charge on any atom is 0.274 e. The SMILES string of the molecule is COc1ccccc1NS(=O)(=O)c1cc(C(=O)Nc2ccc(C)c([N+](=O)[O-])c2)ccc1Cl. The molecule has 2 N–H and O–H groups in total. The molecule has 0 saturated carbocycles. The third-order valence-corrected chi connectivity index (χ3v) is 6.34. The number of benzene rings is 3. The van der Waals surface area contributed by atoms with Gasteiger partial charge in [-0.1, -0.05) is 29.8 Å². The quantitative estimate of drug-likeness (QED) is 0.379. The number of carbonyl (C=O) groups is 1. The van der Waals surface area contributed by atoms with Crippen LogP contribution in [0.3, 0.4) is 0 Å². The fraction of sp³-hybridized carbons (Fsp3) is 0.0952. The predicted molar refractivity (Wildman–Crippen MR) is 121 cm³/mol. The van der Waals surface area contributed by atoms with Gasteiger partial charge in [0.1, 0.15) is 10.6 Å². The van der Waals surface area contributed by atoms with E-state index in [1.54, 1.807) is 25.1 Å². The van der Waals surface area contributed by atoms with Crippen LogP contribution in [0.1, 0.15) is 15.9 Å². The summed E-state index contributed by atoms with van der Waals surface area (Å²) in [7, 11) is -2.76. The third-order valence-electron chi connectivity index (χ3n) is 4.50. The largest absolute Gasteiger partial charge is 0.495 e. The van der Waals surface area contributed by atoms with E-state index >= 15 is 0 Å². The van der Waals surface area contributed by atoms with Gasteiger partial charge in [-0.05, 0) is 43.3 Å². The zero-order chi connectivity index (χ0) is 23.5. The van der Waals surface area contributed by atoms with Crippen molar-refractivity contribution in [3.8, 4) is 5.75 Å². The van der Waals surface area contributed by atoms with Crippen LogP contribution in [0.4, 0.5) is 17.1 Å². The maximum atomic E-state index is 12.9. The molecule has 166 valence electrons. The highest BCUT2D eigenvalue weighted by atomic mass is 35.5. The van der Waals surface area contributed by atoms with Crippen molar-refractivity contribution in [2.45, 2.75) is 11.8 Å². The number of aryl methyl sites for hydroxylation is 1. The number of rotatable bonds is 7. The fourth-order valence-electron chi connectivity index (χ4n) is 2.87. The number of halogens is 1. The molecule has 0 bridgehead atoms. The van der Waals surface area contributed by atoms with Gasteiger partial charge < -0.3 is 10.1 Å². The molecule has 0 saturated heterocycles. The topological polar surface area (TPSA) is 128 Å². The Bertz CT molecular complexity index is 1310. The second-order valence-electron chi connectivity index (χ2n) is 6.66. The Morgan fingerprint density at radius 2 is 1.81 bits per heavy atom. The van der Waals surface area contributed by atoms with Crippen molar-refractivity contribution in [3.63, 3.8) is 0 Å². The van der Waals surface area contributed by atoms with E-state index in [4.69, 9.17) is 16.3 Å². The van der Waals surface area contributed by atoms with Crippen LogP contribution in [0.2, 0.25) is 5.02 Å². The lowest BCUT2D eigenvalue weighted by molar-refractivity contribution is -0.385. The number of hydrogen-bond acceptors (Lipinski definition) is 6. The normalized spacial score (nSPS) is 11.0. The number of nitro groups is 1. The summed E-state index contributed by atoms with van der Waals surface area (Å²) in [6.07, 6.45) is 0. The van der Waals surface area contributed by atoms with Gasteiger partial charge in [-0.2, -0.15) is 0 Å². The monoisotopic (exact) mass is 475 g/mol. The van der Waals surface area contributed by atoms with Crippen LogP contribution in [0.25, 0.3) is 0 Å². The van der Waals surface area contributed by atoms with Gasteiger partial charge in [0, 0.05) is 22.9 Å². The van der Waals surface area contributed by atoms with Gasteiger partial charge in [0.2, 0.25) is 0 Å². The minimum Gasteiger partial charge on any atom is -0.495 e. The van der Waals surface area contributed by atoms with Gasteiger partial charge in [-0.3, -0.25) is 19.6 Å². The third kappa shape index (κ3) is 4.98. The van der Waals surface area contributed by atoms with Crippen LogP contribution < -0.4 is 14.8 Å². The van der Waals surface area contributed by atoms with E-state index in [1.807, 2.05) is 0 Å². The van der Waals surface area contributed by atoms with Crippen molar-refractivity contribution in [2.75, 3.05) is 17.1 Å². The zero-order valence-electron chi connectivity index (χ0n) is 17.0. The molecule has 1 amide bonds. The Hall–Kier alpha value is -3.63. The highest BCUT2D eigenvalue weighted by molar-refractivity contribution is 7.92. The molecule has 0 aliphatic heterocycles. The van der Waals surface area contributed by atoms with Gasteiger partial charge in [0.15, 0.2) is 0 Å². The predicted octanol–water partition coefficient (Wildman–Crippen LogP) is 4.62. The molecule has 0 heterocycles. The van der Waals surface area contributed by atoms with Crippen molar-refractivity contribution in [2.24, 2.45) is 0 Å². The number of amides is 1. The highest BCUT2D eigenvalue weighted by Crippen LogP contribution is 2.30. The summed E-state index contributed by atoms with van der Waals surface area (Å²) in [4.78, 5) is 22.9. The van der Waals surface area contributed by atoms with Gasteiger partial charge in [-0.25, -0.2) is 8.42 Å². The second kappa shape index (κ2) is 9.25. The maximum absolute atomic E-state index is 12.9. The van der Waals surface area contributed by atoms with E-state index in [0.29, 0.717) is 11.3 Å². The Morgan fingerprint density at radius 3 is 2.50 bits per heavy atom. The van der Waals surface area contributed by atoms with Crippen LogP contribution in [-0.4, -0.2) is 26.4 Å². The van der Waals surface area contributed by atoms with Crippen molar-refractivity contribution in [3.05, 3.63) is 86.9 Å². The van der Waals surface area contributed by atoms with E-state index in [9.17, 15) is 23.3 Å². The van der Waals surface area contributed by atoms with Crippen LogP contribution in [0.5, 0.6) is 5.75 Å². The second-order valence-corrected chi connectivity index (χ2v) is 8.72. The van der Waals surface area contributed by atoms with Crippen LogP contribution >= 0.6 is 11.6 Å². The number of ether oxygens (including phenoxy) is 1. The average Bonchev–Trinajstić information content (AvgIpc) is 2.75. The molecule has 0 aromatic heterocycles. The number of sulfonamides is 1. The van der Waals surface area contributed by atoms with E-state index in [0.717, 1.165) is 6.07 Å². The molecular weight excluding hydrogens is 458 g/mol.